The number of rotatable bonds is 3. The summed E-state index contributed by atoms with van der Waals surface area (Å²) in [5.74, 6) is 0.478. The van der Waals surface area contributed by atoms with Gasteiger partial charge < -0.3 is 5.32 Å². The van der Waals surface area contributed by atoms with Crippen LogP contribution >= 0.6 is 0 Å². The van der Waals surface area contributed by atoms with Crippen LogP contribution in [-0.2, 0) is 9.59 Å². The molecule has 0 saturated heterocycles. The number of hydrogen-bond donors (Lipinski definition) is 1. The monoisotopic (exact) mass is 142 g/mol. The van der Waals surface area contributed by atoms with Crippen LogP contribution in [0, 0.1) is 5.92 Å². The van der Waals surface area contributed by atoms with Crippen LogP contribution in [0.5, 0.6) is 0 Å². The molecule has 0 bridgehead atoms. The van der Waals surface area contributed by atoms with Crippen molar-refractivity contribution in [2.45, 2.75) is 20.8 Å². The summed E-state index contributed by atoms with van der Waals surface area (Å²) < 4.78 is 0. The molecule has 0 aliphatic heterocycles. The van der Waals surface area contributed by atoms with Crippen molar-refractivity contribution >= 4 is 11.7 Å². The second-order valence-corrected chi connectivity index (χ2v) is 2.38. The Morgan fingerprint density at radius 2 is 1.90 bits per heavy atom. The van der Waals surface area contributed by atoms with Gasteiger partial charge in [0.05, 0.1) is 20.4 Å². The van der Waals surface area contributed by atoms with Crippen LogP contribution in [0.2, 0.25) is 0 Å². The molecule has 0 aromatic carbocycles. The van der Waals surface area contributed by atoms with E-state index in [2.05, 4.69) is 5.32 Å². The molecule has 0 radical (unpaired) electrons. The maximum absolute atomic E-state index is 10.7. The lowest BCUT2D eigenvalue weighted by Gasteiger charge is -1.95. The van der Waals surface area contributed by atoms with Crippen LogP contribution in [-0.4, -0.2) is 18.2 Å². The first-order chi connectivity index (χ1) is 4.54. The van der Waals surface area contributed by atoms with Crippen molar-refractivity contribution in [1.82, 2.24) is 5.32 Å². The third-order valence-electron chi connectivity index (χ3n) is 0.952. The van der Waals surface area contributed by atoms with E-state index in [1.54, 1.807) is 13.8 Å². The molecule has 0 heterocycles. The average molecular weight is 142 g/mol. The largest absolute Gasteiger partial charge is 0.404 e. The number of hydrogen-bond acceptors (Lipinski definition) is 2. The highest BCUT2D eigenvalue weighted by Crippen LogP contribution is 1.92. The van der Waals surface area contributed by atoms with E-state index >= 15 is 0 Å². The molecule has 0 atom stereocenters. The normalized spacial score (nSPS) is 8.70. The second kappa shape index (κ2) is 3.93. The van der Waals surface area contributed by atoms with E-state index in [0.29, 0.717) is 5.92 Å². The maximum Gasteiger partial charge on any atom is 0.404 e. The SMILES string of the molecule is CC(=O)CNC(=O)[C+](C)C. The van der Waals surface area contributed by atoms with Gasteiger partial charge in [-0.25, -0.2) is 4.79 Å². The van der Waals surface area contributed by atoms with Gasteiger partial charge in [0.15, 0.2) is 5.92 Å². The highest BCUT2D eigenvalue weighted by Gasteiger charge is 2.17. The number of amides is 1. The summed E-state index contributed by atoms with van der Waals surface area (Å²) in [5, 5.41) is 2.46. The lowest BCUT2D eigenvalue weighted by molar-refractivity contribution is -0.123. The van der Waals surface area contributed by atoms with Gasteiger partial charge in [0, 0.05) is 0 Å². The number of carbonyl (C=O) groups is 2. The molecule has 10 heavy (non-hydrogen) atoms. The van der Waals surface area contributed by atoms with Crippen LogP contribution < -0.4 is 5.32 Å². The zero-order valence-corrected chi connectivity index (χ0v) is 6.52. The first-order valence-electron chi connectivity index (χ1n) is 3.12. The Morgan fingerprint density at radius 3 is 2.20 bits per heavy atom. The Balaban J connectivity index is 3.50. The van der Waals surface area contributed by atoms with Crippen LogP contribution in [0.15, 0.2) is 0 Å². The minimum absolute atomic E-state index is 0.0328. The van der Waals surface area contributed by atoms with Crippen molar-refractivity contribution in [3.05, 3.63) is 5.92 Å². The molecule has 0 spiro atoms. The maximum atomic E-state index is 10.7. The molecule has 0 fully saturated rings. The van der Waals surface area contributed by atoms with Gasteiger partial charge in [-0.1, -0.05) is 0 Å². The molecule has 0 aromatic rings. The van der Waals surface area contributed by atoms with E-state index in [1.807, 2.05) is 0 Å². The minimum Gasteiger partial charge on any atom is -0.309 e. The molecule has 1 N–H and O–H groups in total. The molecule has 0 saturated carbocycles. The molecular formula is C7H12NO2+. The summed E-state index contributed by atoms with van der Waals surface area (Å²) in [7, 11) is 0. The quantitative estimate of drug-likeness (QED) is 0.576. The average Bonchev–Trinajstić information content (AvgIpc) is 1.82. The molecule has 0 aliphatic carbocycles. The standard InChI is InChI=1S/C7H11NO2/c1-5(2)7(10)8-4-6(3)9/h4H2,1-3H3/p+1. The Bertz CT molecular complexity index is 141. The van der Waals surface area contributed by atoms with Gasteiger partial charge >= 0.3 is 5.91 Å². The summed E-state index contributed by atoms with van der Waals surface area (Å²) in [4.78, 5) is 21.1. The van der Waals surface area contributed by atoms with Gasteiger partial charge in [0.2, 0.25) is 0 Å². The minimum atomic E-state index is -0.157. The zero-order chi connectivity index (χ0) is 8.15. The van der Waals surface area contributed by atoms with E-state index in [4.69, 9.17) is 0 Å². The summed E-state index contributed by atoms with van der Waals surface area (Å²) in [6, 6.07) is 0. The fourth-order valence-corrected chi connectivity index (χ4v) is 0.382. The highest BCUT2D eigenvalue weighted by atomic mass is 16.2. The fourth-order valence-electron chi connectivity index (χ4n) is 0.382. The molecular weight excluding hydrogens is 130 g/mol. The van der Waals surface area contributed by atoms with Crippen LogP contribution in [0.3, 0.4) is 0 Å². The number of nitrogens with one attached hydrogen (secondary N) is 1. The van der Waals surface area contributed by atoms with Crippen molar-refractivity contribution in [2.24, 2.45) is 0 Å². The van der Waals surface area contributed by atoms with E-state index in [1.165, 1.54) is 6.92 Å². The smallest absolute Gasteiger partial charge is 0.309 e. The Hall–Kier alpha value is -0.990. The molecule has 3 heteroatoms. The topological polar surface area (TPSA) is 46.2 Å². The lowest BCUT2D eigenvalue weighted by atomic mass is 10.2. The molecule has 0 aliphatic rings. The van der Waals surface area contributed by atoms with Crippen LogP contribution in [0.1, 0.15) is 20.8 Å². The Morgan fingerprint density at radius 1 is 1.40 bits per heavy atom. The third-order valence-corrected chi connectivity index (χ3v) is 0.952. The fraction of sp³-hybridized carbons (Fsp3) is 0.571. The number of carbonyl (C=O) groups excluding carboxylic acids is 2. The van der Waals surface area contributed by atoms with Gasteiger partial charge in [-0.15, -0.1) is 0 Å². The van der Waals surface area contributed by atoms with Crippen LogP contribution in [0.25, 0.3) is 0 Å². The van der Waals surface area contributed by atoms with E-state index in [-0.39, 0.29) is 18.2 Å². The molecule has 0 unspecified atom stereocenters. The Labute approximate surface area is 60.8 Å². The molecule has 3 nitrogen and oxygen atoms in total. The first-order valence-corrected chi connectivity index (χ1v) is 3.12. The molecule has 0 rings (SSSR count). The van der Waals surface area contributed by atoms with Gasteiger partial charge in [-0.05, 0) is 6.92 Å². The third kappa shape index (κ3) is 3.95. The predicted octanol–water partition coefficient (Wildman–Crippen LogP) is 0.306. The van der Waals surface area contributed by atoms with Crippen molar-refractivity contribution in [3.63, 3.8) is 0 Å². The number of Topliss-reactive ketones (excluding diaryl/α,β-unsaturated/α-hetero) is 1. The summed E-state index contributed by atoms with van der Waals surface area (Å²) >= 11 is 0. The predicted molar refractivity (Wildman–Crippen MR) is 38.3 cm³/mol. The van der Waals surface area contributed by atoms with E-state index < -0.39 is 0 Å². The molecule has 56 valence electrons. The lowest BCUT2D eigenvalue weighted by Crippen LogP contribution is -2.30. The van der Waals surface area contributed by atoms with Crippen LogP contribution in [0.4, 0.5) is 0 Å². The van der Waals surface area contributed by atoms with Crippen molar-refractivity contribution < 1.29 is 9.59 Å². The van der Waals surface area contributed by atoms with Gasteiger partial charge in [-0.2, -0.15) is 0 Å². The summed E-state index contributed by atoms with van der Waals surface area (Å²) in [5.41, 5.74) is 0. The first kappa shape index (κ1) is 9.01. The molecule has 0 aromatic heterocycles. The van der Waals surface area contributed by atoms with Gasteiger partial charge in [0.25, 0.3) is 0 Å². The van der Waals surface area contributed by atoms with E-state index in [9.17, 15) is 9.59 Å². The summed E-state index contributed by atoms with van der Waals surface area (Å²) in [6.45, 7) is 4.97. The number of ketones is 1. The van der Waals surface area contributed by atoms with Gasteiger partial charge in [0.1, 0.15) is 5.78 Å². The molecule has 1 amide bonds. The van der Waals surface area contributed by atoms with Gasteiger partial charge in [-0.3, -0.25) is 4.79 Å². The zero-order valence-electron chi connectivity index (χ0n) is 6.52. The van der Waals surface area contributed by atoms with Crippen molar-refractivity contribution in [1.29, 1.82) is 0 Å². The summed E-state index contributed by atoms with van der Waals surface area (Å²) in [6.07, 6.45) is 0. The van der Waals surface area contributed by atoms with Crippen molar-refractivity contribution in [3.8, 4) is 0 Å². The highest BCUT2D eigenvalue weighted by molar-refractivity contribution is 5.91. The van der Waals surface area contributed by atoms with Crippen molar-refractivity contribution in [2.75, 3.05) is 6.54 Å². The Kier molecular flexibility index (Phi) is 3.54. The van der Waals surface area contributed by atoms with E-state index in [0.717, 1.165) is 0 Å². The second-order valence-electron chi connectivity index (χ2n) is 2.38.